The van der Waals surface area contributed by atoms with E-state index >= 15 is 0 Å². The average Bonchev–Trinajstić information content (AvgIpc) is 2.61. The third-order valence-electron chi connectivity index (χ3n) is 3.31. The van der Waals surface area contributed by atoms with Crippen molar-refractivity contribution in [1.82, 2.24) is 10.2 Å². The van der Waals surface area contributed by atoms with Crippen LogP contribution < -0.4 is 5.32 Å². The predicted octanol–water partition coefficient (Wildman–Crippen LogP) is 1.61. The molecule has 0 radical (unpaired) electrons. The molecule has 0 spiro atoms. The Morgan fingerprint density at radius 2 is 2.12 bits per heavy atom. The van der Waals surface area contributed by atoms with Crippen molar-refractivity contribution in [3.05, 3.63) is 0 Å². The third-order valence-corrected chi connectivity index (χ3v) is 3.31. The van der Waals surface area contributed by atoms with Crippen molar-refractivity contribution in [2.75, 3.05) is 19.6 Å². The number of nitrogens with zero attached hydrogens (tertiary/aromatic N) is 1. The van der Waals surface area contributed by atoms with Gasteiger partial charge in [-0.25, -0.2) is 4.79 Å². The third kappa shape index (κ3) is 2.48. The van der Waals surface area contributed by atoms with Crippen LogP contribution >= 0.6 is 0 Å². The van der Waals surface area contributed by atoms with Crippen molar-refractivity contribution in [1.29, 1.82) is 0 Å². The molecule has 92 valence electrons. The van der Waals surface area contributed by atoms with Crippen molar-refractivity contribution >= 4 is 6.09 Å². The Morgan fingerprint density at radius 1 is 1.38 bits per heavy atom. The van der Waals surface area contributed by atoms with Crippen molar-refractivity contribution < 1.29 is 9.53 Å². The van der Waals surface area contributed by atoms with Crippen LogP contribution in [-0.2, 0) is 4.74 Å². The SMILES string of the molecule is CC(C)(C)OC(=O)N1CCCC2CNC[C@H]21. The second-order valence-electron chi connectivity index (χ2n) is 5.80. The van der Waals surface area contributed by atoms with Crippen LogP contribution in [0, 0.1) is 5.92 Å². The van der Waals surface area contributed by atoms with Gasteiger partial charge in [0.2, 0.25) is 0 Å². The fourth-order valence-electron chi connectivity index (χ4n) is 2.62. The fourth-order valence-corrected chi connectivity index (χ4v) is 2.62. The molecule has 2 saturated heterocycles. The molecule has 2 rings (SSSR count). The highest BCUT2D eigenvalue weighted by Crippen LogP contribution is 2.27. The Kier molecular flexibility index (Phi) is 3.10. The molecule has 16 heavy (non-hydrogen) atoms. The average molecular weight is 226 g/mol. The van der Waals surface area contributed by atoms with Gasteiger partial charge < -0.3 is 15.0 Å². The quantitative estimate of drug-likeness (QED) is 0.682. The van der Waals surface area contributed by atoms with E-state index in [1.165, 1.54) is 6.42 Å². The van der Waals surface area contributed by atoms with Gasteiger partial charge in [0.25, 0.3) is 0 Å². The van der Waals surface area contributed by atoms with Gasteiger partial charge >= 0.3 is 6.09 Å². The number of carbonyl (C=O) groups is 1. The van der Waals surface area contributed by atoms with Crippen LogP contribution in [0.15, 0.2) is 0 Å². The van der Waals surface area contributed by atoms with E-state index in [0.29, 0.717) is 12.0 Å². The van der Waals surface area contributed by atoms with Crippen LogP contribution in [0.3, 0.4) is 0 Å². The molecular weight excluding hydrogens is 204 g/mol. The van der Waals surface area contributed by atoms with E-state index in [1.54, 1.807) is 0 Å². The Hall–Kier alpha value is -0.770. The van der Waals surface area contributed by atoms with E-state index in [2.05, 4.69) is 5.32 Å². The molecule has 4 nitrogen and oxygen atoms in total. The number of ether oxygens (including phenoxy) is 1. The number of hydrogen-bond acceptors (Lipinski definition) is 3. The molecule has 0 aromatic heterocycles. The van der Waals surface area contributed by atoms with Crippen LogP contribution in [0.2, 0.25) is 0 Å². The molecule has 1 N–H and O–H groups in total. The first-order chi connectivity index (χ1) is 7.47. The van der Waals surface area contributed by atoms with Crippen molar-refractivity contribution in [3.63, 3.8) is 0 Å². The van der Waals surface area contributed by atoms with Crippen LogP contribution in [0.25, 0.3) is 0 Å². The van der Waals surface area contributed by atoms with Gasteiger partial charge in [0, 0.05) is 19.6 Å². The second-order valence-corrected chi connectivity index (χ2v) is 5.80. The van der Waals surface area contributed by atoms with E-state index < -0.39 is 5.60 Å². The van der Waals surface area contributed by atoms with Gasteiger partial charge in [0.15, 0.2) is 0 Å². The van der Waals surface area contributed by atoms with Gasteiger partial charge in [-0.05, 0) is 39.5 Å². The highest BCUT2D eigenvalue weighted by atomic mass is 16.6. The molecule has 0 aromatic rings. The minimum absolute atomic E-state index is 0.147. The number of rotatable bonds is 0. The smallest absolute Gasteiger partial charge is 0.410 e. The summed E-state index contributed by atoms with van der Waals surface area (Å²) in [6.45, 7) is 8.56. The zero-order valence-electron chi connectivity index (χ0n) is 10.5. The highest BCUT2D eigenvalue weighted by molar-refractivity contribution is 5.68. The molecule has 2 aliphatic rings. The number of hydrogen-bond donors (Lipinski definition) is 1. The molecule has 4 heteroatoms. The predicted molar refractivity (Wildman–Crippen MR) is 62.3 cm³/mol. The van der Waals surface area contributed by atoms with Gasteiger partial charge in [0.1, 0.15) is 5.60 Å². The van der Waals surface area contributed by atoms with Crippen molar-refractivity contribution in [2.45, 2.75) is 45.3 Å². The van der Waals surface area contributed by atoms with Crippen LogP contribution in [-0.4, -0.2) is 42.3 Å². The Balaban J connectivity index is 2.00. The van der Waals surface area contributed by atoms with Crippen LogP contribution in [0.5, 0.6) is 0 Å². The summed E-state index contributed by atoms with van der Waals surface area (Å²) in [7, 11) is 0. The zero-order chi connectivity index (χ0) is 11.8. The number of nitrogens with one attached hydrogen (secondary N) is 1. The largest absolute Gasteiger partial charge is 0.444 e. The molecule has 2 fully saturated rings. The van der Waals surface area contributed by atoms with Crippen molar-refractivity contribution in [3.8, 4) is 0 Å². The summed E-state index contributed by atoms with van der Waals surface area (Å²) in [5, 5.41) is 3.36. The summed E-state index contributed by atoms with van der Waals surface area (Å²) in [6, 6.07) is 0.351. The summed E-state index contributed by atoms with van der Waals surface area (Å²) in [5.41, 5.74) is -0.393. The summed E-state index contributed by atoms with van der Waals surface area (Å²) >= 11 is 0. The van der Waals surface area contributed by atoms with Gasteiger partial charge in [-0.2, -0.15) is 0 Å². The van der Waals surface area contributed by atoms with Crippen molar-refractivity contribution in [2.24, 2.45) is 5.92 Å². The normalized spacial score (nSPS) is 30.1. The van der Waals surface area contributed by atoms with E-state index in [4.69, 9.17) is 4.74 Å². The van der Waals surface area contributed by atoms with Gasteiger partial charge in [-0.15, -0.1) is 0 Å². The maximum Gasteiger partial charge on any atom is 0.410 e. The first-order valence-corrected chi connectivity index (χ1v) is 6.18. The maximum absolute atomic E-state index is 12.0. The number of amides is 1. The molecule has 1 amide bonds. The summed E-state index contributed by atoms with van der Waals surface area (Å²) in [5.74, 6) is 0.626. The molecular formula is C12H22N2O2. The highest BCUT2D eigenvalue weighted by Gasteiger charge is 2.38. The molecule has 2 aliphatic heterocycles. The lowest BCUT2D eigenvalue weighted by Gasteiger charge is -2.37. The number of carbonyl (C=O) groups excluding carboxylic acids is 1. The maximum atomic E-state index is 12.0. The number of piperidine rings is 1. The molecule has 0 aromatic carbocycles. The van der Waals surface area contributed by atoms with Crippen LogP contribution in [0.1, 0.15) is 33.6 Å². The minimum Gasteiger partial charge on any atom is -0.444 e. The summed E-state index contributed by atoms with van der Waals surface area (Å²) in [6.07, 6.45) is 2.19. The molecule has 0 saturated carbocycles. The Labute approximate surface area is 97.3 Å². The summed E-state index contributed by atoms with van der Waals surface area (Å²) < 4.78 is 5.44. The topological polar surface area (TPSA) is 41.6 Å². The van der Waals surface area contributed by atoms with Gasteiger partial charge in [-0.3, -0.25) is 0 Å². The lowest BCUT2D eigenvalue weighted by molar-refractivity contribution is 0.00663. The number of likely N-dealkylation sites (tertiary alicyclic amines) is 1. The Bertz CT molecular complexity index is 273. The molecule has 1 unspecified atom stereocenters. The standard InChI is InChI=1S/C12H22N2O2/c1-12(2,3)16-11(15)14-6-4-5-9-7-13-8-10(9)14/h9-10,13H,4-8H2,1-3H3/t9?,10-/m1/s1. The molecule has 2 heterocycles. The lowest BCUT2D eigenvalue weighted by atomic mass is 9.92. The fraction of sp³-hybridized carbons (Fsp3) is 0.917. The first-order valence-electron chi connectivity index (χ1n) is 6.18. The summed E-state index contributed by atoms with van der Waals surface area (Å²) in [4.78, 5) is 13.9. The van der Waals surface area contributed by atoms with E-state index in [1.807, 2.05) is 25.7 Å². The van der Waals surface area contributed by atoms with E-state index in [9.17, 15) is 4.79 Å². The monoisotopic (exact) mass is 226 g/mol. The van der Waals surface area contributed by atoms with Crippen LogP contribution in [0.4, 0.5) is 4.79 Å². The molecule has 0 bridgehead atoms. The van der Waals surface area contributed by atoms with E-state index in [0.717, 1.165) is 26.1 Å². The van der Waals surface area contributed by atoms with Gasteiger partial charge in [-0.1, -0.05) is 0 Å². The molecule has 2 atom stereocenters. The second kappa shape index (κ2) is 4.24. The number of fused-ring (bicyclic) bond motifs is 1. The zero-order valence-corrected chi connectivity index (χ0v) is 10.5. The minimum atomic E-state index is -0.393. The van der Waals surface area contributed by atoms with E-state index in [-0.39, 0.29) is 6.09 Å². The van der Waals surface area contributed by atoms with Gasteiger partial charge in [0.05, 0.1) is 6.04 Å². The Morgan fingerprint density at radius 3 is 2.81 bits per heavy atom. The molecule has 0 aliphatic carbocycles. The lowest BCUT2D eigenvalue weighted by Crippen LogP contribution is -2.50. The first kappa shape index (κ1) is 11.7.